The topological polar surface area (TPSA) is 64.6 Å². The number of nitrogens with zero attached hydrogens (tertiary/aromatic N) is 1. The van der Waals surface area contributed by atoms with Gasteiger partial charge in [-0.2, -0.15) is 0 Å². The van der Waals surface area contributed by atoms with Gasteiger partial charge in [0.1, 0.15) is 0 Å². The zero-order chi connectivity index (χ0) is 12.8. The molecule has 2 unspecified atom stereocenters. The third kappa shape index (κ3) is 3.67. The van der Waals surface area contributed by atoms with Gasteiger partial charge in [-0.05, 0) is 38.6 Å². The first-order chi connectivity index (χ1) is 8.81. The minimum absolute atomic E-state index is 0.0537. The molecule has 0 spiro atoms. The fourth-order valence-electron chi connectivity index (χ4n) is 2.97. The highest BCUT2D eigenvalue weighted by Gasteiger charge is 2.29. The minimum Gasteiger partial charge on any atom is -0.395 e. The van der Waals surface area contributed by atoms with Gasteiger partial charge >= 0.3 is 0 Å². The number of rotatable bonds is 5. The molecule has 104 valence electrons. The van der Waals surface area contributed by atoms with Crippen molar-refractivity contribution in [2.75, 3.05) is 32.8 Å². The van der Waals surface area contributed by atoms with Crippen molar-refractivity contribution in [1.29, 1.82) is 0 Å². The fourth-order valence-corrected chi connectivity index (χ4v) is 2.97. The number of aliphatic hydroxyl groups is 1. The van der Waals surface area contributed by atoms with Gasteiger partial charge in [-0.3, -0.25) is 9.69 Å². The first kappa shape index (κ1) is 13.8. The maximum Gasteiger partial charge on any atom is 0.237 e. The van der Waals surface area contributed by atoms with E-state index in [1.807, 2.05) is 0 Å². The molecule has 1 amide bonds. The standard InChI is InChI=1S/C13H25N3O2/c17-9-8-16(10-11-4-3-7-14-11)12-5-1-2-6-15-13(12)18/h11-12,14,17H,1-10H2,(H,15,18). The van der Waals surface area contributed by atoms with E-state index >= 15 is 0 Å². The highest BCUT2D eigenvalue weighted by atomic mass is 16.3. The summed E-state index contributed by atoms with van der Waals surface area (Å²) >= 11 is 0. The zero-order valence-corrected chi connectivity index (χ0v) is 11.0. The number of nitrogens with one attached hydrogen (secondary N) is 2. The summed E-state index contributed by atoms with van der Waals surface area (Å²) in [4.78, 5) is 14.2. The van der Waals surface area contributed by atoms with Gasteiger partial charge < -0.3 is 15.7 Å². The molecule has 0 saturated carbocycles. The normalized spacial score (nSPS) is 29.3. The molecule has 5 heteroatoms. The van der Waals surface area contributed by atoms with Crippen molar-refractivity contribution in [3.05, 3.63) is 0 Å². The second kappa shape index (κ2) is 7.07. The van der Waals surface area contributed by atoms with Crippen molar-refractivity contribution in [3.63, 3.8) is 0 Å². The highest BCUT2D eigenvalue weighted by Crippen LogP contribution is 2.15. The van der Waals surface area contributed by atoms with Crippen molar-refractivity contribution in [2.24, 2.45) is 0 Å². The van der Waals surface area contributed by atoms with Crippen molar-refractivity contribution in [3.8, 4) is 0 Å². The minimum atomic E-state index is -0.0537. The molecule has 2 aliphatic heterocycles. The van der Waals surface area contributed by atoms with Crippen LogP contribution in [0.25, 0.3) is 0 Å². The Morgan fingerprint density at radius 1 is 1.22 bits per heavy atom. The Balaban J connectivity index is 1.95. The molecule has 5 nitrogen and oxygen atoms in total. The Morgan fingerprint density at radius 3 is 2.83 bits per heavy atom. The quantitative estimate of drug-likeness (QED) is 0.631. The maximum atomic E-state index is 12.0. The van der Waals surface area contributed by atoms with Crippen LogP contribution in [0.15, 0.2) is 0 Å². The van der Waals surface area contributed by atoms with Crippen LogP contribution in [0, 0.1) is 0 Å². The number of amides is 1. The molecule has 18 heavy (non-hydrogen) atoms. The average molecular weight is 255 g/mol. The van der Waals surface area contributed by atoms with Crippen LogP contribution in [-0.2, 0) is 4.79 Å². The van der Waals surface area contributed by atoms with Gasteiger partial charge in [0.05, 0.1) is 12.6 Å². The molecule has 2 fully saturated rings. The Bertz CT molecular complexity index is 267. The molecule has 2 heterocycles. The maximum absolute atomic E-state index is 12.0. The summed E-state index contributed by atoms with van der Waals surface area (Å²) in [5.74, 6) is 0.138. The fraction of sp³-hybridized carbons (Fsp3) is 0.923. The van der Waals surface area contributed by atoms with Crippen LogP contribution < -0.4 is 10.6 Å². The second-order valence-corrected chi connectivity index (χ2v) is 5.31. The molecule has 2 rings (SSSR count). The van der Waals surface area contributed by atoms with E-state index in [2.05, 4.69) is 15.5 Å². The number of carbonyl (C=O) groups is 1. The van der Waals surface area contributed by atoms with E-state index in [0.717, 1.165) is 38.9 Å². The van der Waals surface area contributed by atoms with E-state index in [4.69, 9.17) is 0 Å². The van der Waals surface area contributed by atoms with E-state index in [1.165, 1.54) is 12.8 Å². The highest BCUT2D eigenvalue weighted by molar-refractivity contribution is 5.81. The summed E-state index contributed by atoms with van der Waals surface area (Å²) in [5, 5.41) is 15.6. The third-order valence-electron chi connectivity index (χ3n) is 3.95. The van der Waals surface area contributed by atoms with Gasteiger partial charge in [0.15, 0.2) is 0 Å². The Hall–Kier alpha value is -0.650. The first-order valence-electron chi connectivity index (χ1n) is 7.17. The lowest BCUT2D eigenvalue weighted by molar-refractivity contribution is -0.126. The monoisotopic (exact) mass is 255 g/mol. The molecular weight excluding hydrogens is 230 g/mol. The number of aliphatic hydroxyl groups excluding tert-OH is 1. The smallest absolute Gasteiger partial charge is 0.237 e. The molecule has 0 bridgehead atoms. The molecule has 0 aliphatic carbocycles. The molecule has 3 N–H and O–H groups in total. The summed E-state index contributed by atoms with van der Waals surface area (Å²) < 4.78 is 0. The van der Waals surface area contributed by atoms with Gasteiger partial charge in [-0.15, -0.1) is 0 Å². The Kier molecular flexibility index (Phi) is 5.41. The molecule has 0 aromatic carbocycles. The van der Waals surface area contributed by atoms with Crippen LogP contribution in [0.5, 0.6) is 0 Å². The molecule has 2 saturated heterocycles. The van der Waals surface area contributed by atoms with E-state index in [-0.39, 0.29) is 18.6 Å². The van der Waals surface area contributed by atoms with E-state index in [0.29, 0.717) is 12.6 Å². The molecule has 0 aromatic rings. The van der Waals surface area contributed by atoms with Gasteiger partial charge in [-0.25, -0.2) is 0 Å². The van der Waals surface area contributed by atoms with Crippen LogP contribution in [0.4, 0.5) is 0 Å². The second-order valence-electron chi connectivity index (χ2n) is 5.31. The lowest BCUT2D eigenvalue weighted by Crippen LogP contribution is -2.50. The van der Waals surface area contributed by atoms with E-state index in [1.54, 1.807) is 0 Å². The van der Waals surface area contributed by atoms with E-state index in [9.17, 15) is 9.90 Å². The van der Waals surface area contributed by atoms with Gasteiger partial charge in [0.2, 0.25) is 5.91 Å². The summed E-state index contributed by atoms with van der Waals surface area (Å²) in [5.41, 5.74) is 0. The number of carbonyl (C=O) groups excluding carboxylic acids is 1. The van der Waals surface area contributed by atoms with Gasteiger partial charge in [-0.1, -0.05) is 0 Å². The first-order valence-corrected chi connectivity index (χ1v) is 7.17. The number of hydrogen-bond acceptors (Lipinski definition) is 4. The average Bonchev–Trinajstić information content (AvgIpc) is 2.77. The molecule has 0 radical (unpaired) electrons. The SMILES string of the molecule is O=C1NCCCCC1N(CCO)CC1CCCN1. The Labute approximate surface area is 109 Å². The van der Waals surface area contributed by atoms with Crippen LogP contribution in [-0.4, -0.2) is 60.8 Å². The predicted octanol–water partition coefficient (Wildman–Crippen LogP) is -0.299. The van der Waals surface area contributed by atoms with Crippen molar-refractivity contribution >= 4 is 5.91 Å². The lowest BCUT2D eigenvalue weighted by atomic mass is 10.1. The summed E-state index contributed by atoms with van der Waals surface area (Å²) in [6, 6.07) is 0.426. The summed E-state index contributed by atoms with van der Waals surface area (Å²) in [6.07, 6.45) is 5.46. The third-order valence-corrected chi connectivity index (χ3v) is 3.95. The van der Waals surface area contributed by atoms with Crippen LogP contribution in [0.2, 0.25) is 0 Å². The van der Waals surface area contributed by atoms with Gasteiger partial charge in [0, 0.05) is 25.7 Å². The van der Waals surface area contributed by atoms with Crippen LogP contribution in [0.3, 0.4) is 0 Å². The van der Waals surface area contributed by atoms with Crippen molar-refractivity contribution in [1.82, 2.24) is 15.5 Å². The Morgan fingerprint density at radius 2 is 2.11 bits per heavy atom. The predicted molar refractivity (Wildman–Crippen MR) is 70.3 cm³/mol. The largest absolute Gasteiger partial charge is 0.395 e. The van der Waals surface area contributed by atoms with Crippen LogP contribution in [0.1, 0.15) is 32.1 Å². The van der Waals surface area contributed by atoms with Gasteiger partial charge in [0.25, 0.3) is 0 Å². The molecule has 2 aliphatic rings. The zero-order valence-electron chi connectivity index (χ0n) is 11.0. The van der Waals surface area contributed by atoms with E-state index < -0.39 is 0 Å². The lowest BCUT2D eigenvalue weighted by Gasteiger charge is -2.31. The molecular formula is C13H25N3O2. The van der Waals surface area contributed by atoms with Crippen molar-refractivity contribution in [2.45, 2.75) is 44.2 Å². The van der Waals surface area contributed by atoms with Crippen molar-refractivity contribution < 1.29 is 9.90 Å². The summed E-state index contributed by atoms with van der Waals surface area (Å²) in [6.45, 7) is 3.46. The number of hydrogen-bond donors (Lipinski definition) is 3. The molecule has 2 atom stereocenters. The molecule has 0 aromatic heterocycles. The summed E-state index contributed by atoms with van der Waals surface area (Å²) in [7, 11) is 0. The van der Waals surface area contributed by atoms with Crippen LogP contribution >= 0.6 is 0 Å².